The summed E-state index contributed by atoms with van der Waals surface area (Å²) in [4.78, 5) is 6.33. The number of aromatic nitrogens is 1. The van der Waals surface area contributed by atoms with E-state index in [0.29, 0.717) is 18.2 Å². The Balaban J connectivity index is 1.78. The van der Waals surface area contributed by atoms with Crippen LogP contribution in [0.25, 0.3) is 10.9 Å². The summed E-state index contributed by atoms with van der Waals surface area (Å²) in [6.07, 6.45) is 1.80. The monoisotopic (exact) mass is 337 g/mol. The molecular formula is C19H19N3OS. The van der Waals surface area contributed by atoms with E-state index < -0.39 is 0 Å². The summed E-state index contributed by atoms with van der Waals surface area (Å²) in [7, 11) is 1.66. The molecular weight excluding hydrogens is 318 g/mol. The van der Waals surface area contributed by atoms with Crippen molar-refractivity contribution in [2.24, 2.45) is 5.73 Å². The van der Waals surface area contributed by atoms with Gasteiger partial charge in [-0.2, -0.15) is 0 Å². The van der Waals surface area contributed by atoms with Crippen LogP contribution in [0.2, 0.25) is 0 Å². The first-order valence-corrected chi connectivity index (χ1v) is 8.07. The van der Waals surface area contributed by atoms with Gasteiger partial charge in [-0.1, -0.05) is 24.3 Å². The molecule has 5 heteroatoms. The number of hydrogen-bond donors (Lipinski definition) is 1. The number of fused-ring (bicyclic) bond motifs is 1. The van der Waals surface area contributed by atoms with Crippen molar-refractivity contribution < 1.29 is 4.74 Å². The number of hydrogen-bond acceptors (Lipinski definition) is 3. The second-order valence-corrected chi connectivity index (χ2v) is 5.99. The topological polar surface area (TPSA) is 51.4 Å². The van der Waals surface area contributed by atoms with Crippen molar-refractivity contribution in [3.05, 3.63) is 71.9 Å². The Bertz CT molecular complexity index is 849. The molecule has 24 heavy (non-hydrogen) atoms. The summed E-state index contributed by atoms with van der Waals surface area (Å²) >= 11 is 5.23. The minimum atomic E-state index is 0.386. The average molecular weight is 337 g/mol. The lowest BCUT2D eigenvalue weighted by Crippen LogP contribution is -2.34. The fourth-order valence-corrected chi connectivity index (χ4v) is 2.74. The molecule has 0 saturated heterocycles. The predicted molar refractivity (Wildman–Crippen MR) is 101 cm³/mol. The van der Waals surface area contributed by atoms with Crippen molar-refractivity contribution in [1.29, 1.82) is 0 Å². The van der Waals surface area contributed by atoms with Crippen LogP contribution in [0.15, 0.2) is 60.8 Å². The van der Waals surface area contributed by atoms with Crippen LogP contribution >= 0.6 is 12.2 Å². The summed E-state index contributed by atoms with van der Waals surface area (Å²) < 4.78 is 5.19. The molecule has 0 amide bonds. The van der Waals surface area contributed by atoms with Gasteiger partial charge in [0.05, 0.1) is 12.6 Å². The van der Waals surface area contributed by atoms with Crippen LogP contribution in [0, 0.1) is 0 Å². The van der Waals surface area contributed by atoms with Gasteiger partial charge in [-0.3, -0.25) is 4.98 Å². The van der Waals surface area contributed by atoms with Gasteiger partial charge in [-0.25, -0.2) is 0 Å². The Morgan fingerprint density at radius 1 is 1.08 bits per heavy atom. The zero-order valence-corrected chi connectivity index (χ0v) is 14.3. The molecule has 0 radical (unpaired) electrons. The summed E-state index contributed by atoms with van der Waals surface area (Å²) in [5.74, 6) is 0.836. The number of ether oxygens (including phenoxy) is 1. The summed E-state index contributed by atoms with van der Waals surface area (Å²) in [5.41, 5.74) is 9.19. The molecule has 1 heterocycles. The highest BCUT2D eigenvalue weighted by atomic mass is 32.1. The smallest absolute Gasteiger partial charge is 0.166 e. The van der Waals surface area contributed by atoms with Crippen molar-refractivity contribution in [2.75, 3.05) is 7.11 Å². The van der Waals surface area contributed by atoms with Gasteiger partial charge in [0.1, 0.15) is 5.75 Å². The average Bonchev–Trinajstić information content (AvgIpc) is 2.61. The Morgan fingerprint density at radius 2 is 1.79 bits per heavy atom. The molecule has 0 spiro atoms. The highest BCUT2D eigenvalue weighted by Gasteiger charge is 2.09. The second kappa shape index (κ2) is 7.27. The maximum Gasteiger partial charge on any atom is 0.166 e. The molecule has 3 aromatic rings. The van der Waals surface area contributed by atoms with Crippen molar-refractivity contribution in [2.45, 2.75) is 13.1 Å². The standard InChI is InChI=1S/C19H19N3OS/c1-23-17-7-4-14(5-8-17)12-22(19(20)24)13-15-6-9-18-16(11-15)3-2-10-21-18/h2-11H,12-13H2,1H3,(H2,20,24). The summed E-state index contributed by atoms with van der Waals surface area (Å²) in [5, 5.41) is 1.50. The molecule has 0 bridgehead atoms. The third kappa shape index (κ3) is 3.81. The van der Waals surface area contributed by atoms with Crippen molar-refractivity contribution in [3.63, 3.8) is 0 Å². The number of benzene rings is 2. The summed E-state index contributed by atoms with van der Waals surface area (Å²) in [6.45, 7) is 1.32. The number of methoxy groups -OCH3 is 1. The third-order valence-electron chi connectivity index (χ3n) is 3.89. The van der Waals surface area contributed by atoms with Gasteiger partial charge in [-0.15, -0.1) is 0 Å². The zero-order valence-electron chi connectivity index (χ0n) is 13.5. The van der Waals surface area contributed by atoms with Crippen LogP contribution in [0.1, 0.15) is 11.1 Å². The lowest BCUT2D eigenvalue weighted by molar-refractivity contribution is 0.405. The van der Waals surface area contributed by atoms with E-state index in [0.717, 1.165) is 27.8 Å². The van der Waals surface area contributed by atoms with Crippen LogP contribution in [0.3, 0.4) is 0 Å². The molecule has 0 saturated carbocycles. The lowest BCUT2D eigenvalue weighted by Gasteiger charge is -2.23. The van der Waals surface area contributed by atoms with E-state index in [9.17, 15) is 0 Å². The molecule has 2 N–H and O–H groups in total. The van der Waals surface area contributed by atoms with Gasteiger partial charge in [0, 0.05) is 24.7 Å². The molecule has 0 atom stereocenters. The minimum absolute atomic E-state index is 0.386. The first-order chi connectivity index (χ1) is 11.7. The largest absolute Gasteiger partial charge is 0.497 e. The molecule has 3 rings (SSSR count). The van der Waals surface area contributed by atoms with Crippen molar-refractivity contribution >= 4 is 28.2 Å². The Labute approximate surface area is 146 Å². The quantitative estimate of drug-likeness (QED) is 0.722. The van der Waals surface area contributed by atoms with Gasteiger partial charge in [0.25, 0.3) is 0 Å². The first-order valence-electron chi connectivity index (χ1n) is 7.66. The van der Waals surface area contributed by atoms with Crippen molar-refractivity contribution in [1.82, 2.24) is 9.88 Å². The van der Waals surface area contributed by atoms with Crippen LogP contribution in [0.5, 0.6) is 5.75 Å². The zero-order chi connectivity index (χ0) is 16.9. The molecule has 0 aliphatic carbocycles. The van der Waals surface area contributed by atoms with Gasteiger partial charge in [-0.05, 0) is 53.7 Å². The normalized spacial score (nSPS) is 10.5. The maximum atomic E-state index is 5.92. The number of pyridine rings is 1. The minimum Gasteiger partial charge on any atom is -0.497 e. The van der Waals surface area contributed by atoms with Crippen LogP contribution < -0.4 is 10.5 Å². The van der Waals surface area contributed by atoms with E-state index >= 15 is 0 Å². The number of rotatable bonds is 5. The highest BCUT2D eigenvalue weighted by molar-refractivity contribution is 7.80. The van der Waals surface area contributed by atoms with E-state index in [1.54, 1.807) is 13.3 Å². The van der Waals surface area contributed by atoms with Crippen LogP contribution in [-0.4, -0.2) is 22.1 Å². The molecule has 4 nitrogen and oxygen atoms in total. The third-order valence-corrected chi connectivity index (χ3v) is 4.14. The molecule has 122 valence electrons. The Morgan fingerprint density at radius 3 is 2.50 bits per heavy atom. The summed E-state index contributed by atoms with van der Waals surface area (Å²) in [6, 6.07) is 18.1. The Hall–Kier alpha value is -2.66. The number of nitrogens with zero attached hydrogens (tertiary/aromatic N) is 2. The van der Waals surface area contributed by atoms with Crippen LogP contribution in [-0.2, 0) is 13.1 Å². The molecule has 0 fully saturated rings. The molecule has 0 aliphatic heterocycles. The Kier molecular flexibility index (Phi) is 4.91. The highest BCUT2D eigenvalue weighted by Crippen LogP contribution is 2.17. The maximum absolute atomic E-state index is 5.92. The van der Waals surface area contributed by atoms with E-state index in [1.807, 2.05) is 41.3 Å². The van der Waals surface area contributed by atoms with E-state index in [1.165, 1.54) is 0 Å². The second-order valence-electron chi connectivity index (χ2n) is 5.57. The molecule has 1 aromatic heterocycles. The van der Waals surface area contributed by atoms with Gasteiger partial charge < -0.3 is 15.4 Å². The van der Waals surface area contributed by atoms with E-state index in [4.69, 9.17) is 22.7 Å². The SMILES string of the molecule is COc1ccc(CN(Cc2ccc3ncccc3c2)C(N)=S)cc1. The lowest BCUT2D eigenvalue weighted by atomic mass is 10.1. The first kappa shape index (κ1) is 16.2. The fraction of sp³-hybridized carbons (Fsp3) is 0.158. The molecule has 0 unspecified atom stereocenters. The van der Waals surface area contributed by atoms with E-state index in [-0.39, 0.29) is 0 Å². The molecule has 0 aliphatic rings. The van der Waals surface area contributed by atoms with Crippen LogP contribution in [0.4, 0.5) is 0 Å². The van der Waals surface area contributed by atoms with Gasteiger partial charge in [0.15, 0.2) is 5.11 Å². The number of thiocarbonyl (C=S) groups is 1. The fourth-order valence-electron chi connectivity index (χ4n) is 2.61. The van der Waals surface area contributed by atoms with Gasteiger partial charge >= 0.3 is 0 Å². The number of nitrogens with two attached hydrogens (primary N) is 1. The predicted octanol–water partition coefficient (Wildman–Crippen LogP) is 3.49. The van der Waals surface area contributed by atoms with E-state index in [2.05, 4.69) is 23.2 Å². The molecule has 2 aromatic carbocycles. The van der Waals surface area contributed by atoms with Crippen molar-refractivity contribution in [3.8, 4) is 5.75 Å². The van der Waals surface area contributed by atoms with Gasteiger partial charge in [0.2, 0.25) is 0 Å².